The van der Waals surface area contributed by atoms with Crippen molar-refractivity contribution in [3.05, 3.63) is 64.0 Å². The maximum Gasteiger partial charge on any atom is 0.416 e. The van der Waals surface area contributed by atoms with Gasteiger partial charge in [-0.05, 0) is 31.9 Å². The minimum atomic E-state index is -4.74. The lowest BCUT2D eigenvalue weighted by Gasteiger charge is -2.25. The maximum atomic E-state index is 13.7. The van der Waals surface area contributed by atoms with Gasteiger partial charge in [0.2, 0.25) is 0 Å². The number of hydrogen-bond acceptors (Lipinski definition) is 7. The van der Waals surface area contributed by atoms with Crippen molar-refractivity contribution in [2.45, 2.75) is 38.0 Å². The number of benzene rings is 1. The van der Waals surface area contributed by atoms with E-state index in [1.807, 2.05) is 0 Å². The number of carbonyl (C=O) groups is 2. The smallest absolute Gasteiger partial charge is 0.364 e. The van der Waals surface area contributed by atoms with E-state index in [0.29, 0.717) is 12.8 Å². The molecule has 37 heavy (non-hydrogen) atoms. The Morgan fingerprint density at radius 3 is 2.54 bits per heavy atom. The third-order valence-corrected chi connectivity index (χ3v) is 6.27. The van der Waals surface area contributed by atoms with Crippen molar-refractivity contribution in [1.29, 1.82) is 0 Å². The van der Waals surface area contributed by atoms with E-state index in [1.165, 1.54) is 33.6 Å². The molecule has 1 saturated carbocycles. The molecular formula is C22H20F3N9O3. The fourth-order valence-corrected chi connectivity index (χ4v) is 4.10. The summed E-state index contributed by atoms with van der Waals surface area (Å²) in [6.45, 7) is 1.59. The molecular weight excluding hydrogens is 495 g/mol. The van der Waals surface area contributed by atoms with Crippen molar-refractivity contribution in [2.75, 3.05) is 7.05 Å². The Hall–Kier alpha value is -4.56. The molecule has 1 atom stereocenters. The highest BCUT2D eigenvalue weighted by molar-refractivity contribution is 6.05. The van der Waals surface area contributed by atoms with Gasteiger partial charge in [0.15, 0.2) is 11.6 Å². The van der Waals surface area contributed by atoms with Gasteiger partial charge >= 0.3 is 11.9 Å². The molecule has 0 spiro atoms. The molecule has 0 bridgehead atoms. The van der Waals surface area contributed by atoms with Crippen molar-refractivity contribution in [3.8, 4) is 5.82 Å². The van der Waals surface area contributed by atoms with Crippen LogP contribution in [0, 0.1) is 0 Å². The highest BCUT2D eigenvalue weighted by atomic mass is 19.4. The zero-order valence-electron chi connectivity index (χ0n) is 19.5. The van der Waals surface area contributed by atoms with Gasteiger partial charge in [0.25, 0.3) is 11.8 Å². The molecule has 12 nitrogen and oxygen atoms in total. The Balaban J connectivity index is 1.56. The number of rotatable bonds is 6. The van der Waals surface area contributed by atoms with Gasteiger partial charge in [-0.15, -0.1) is 0 Å². The first-order valence-electron chi connectivity index (χ1n) is 11.1. The first-order valence-corrected chi connectivity index (χ1v) is 11.1. The first kappa shape index (κ1) is 24.1. The standard InChI is InChI=1S/C22H20F3N9O3/c1-10(19-29-9-30-34(19)16-7-14(18(26)35)27-8-28-16)32(2)20(36)13-5-11(22(23,24)25)6-15-17(13)31-21(37)33(15)12-3-4-12/h5-10,12H,3-4H2,1-2H3,(H2,26,35)(H,31,37)/t10-/m0/s1. The largest absolute Gasteiger partial charge is 0.416 e. The second-order valence-corrected chi connectivity index (χ2v) is 8.69. The minimum Gasteiger partial charge on any atom is -0.364 e. The molecule has 0 radical (unpaired) electrons. The summed E-state index contributed by atoms with van der Waals surface area (Å²) in [5, 5.41) is 4.09. The van der Waals surface area contributed by atoms with Gasteiger partial charge in [-0.1, -0.05) is 0 Å². The lowest BCUT2D eigenvalue weighted by atomic mass is 10.1. The van der Waals surface area contributed by atoms with Crippen molar-refractivity contribution in [3.63, 3.8) is 0 Å². The number of carbonyl (C=O) groups excluding carboxylic acids is 2. The van der Waals surface area contributed by atoms with E-state index < -0.39 is 35.3 Å². The predicted molar refractivity (Wildman–Crippen MR) is 122 cm³/mol. The number of nitrogens with one attached hydrogen (secondary N) is 1. The average Bonchev–Trinajstić information content (AvgIpc) is 3.45. The summed E-state index contributed by atoms with van der Waals surface area (Å²) in [4.78, 5) is 53.4. The number of aromatic nitrogens is 7. The van der Waals surface area contributed by atoms with Gasteiger partial charge in [-0.3, -0.25) is 14.2 Å². The molecule has 3 heterocycles. The van der Waals surface area contributed by atoms with Gasteiger partial charge in [0.05, 0.1) is 28.2 Å². The third kappa shape index (κ3) is 4.21. The summed E-state index contributed by atoms with van der Waals surface area (Å²) in [6, 6.07) is 1.88. The van der Waals surface area contributed by atoms with Crippen molar-refractivity contribution < 1.29 is 22.8 Å². The van der Waals surface area contributed by atoms with Crippen LogP contribution in [-0.4, -0.2) is 58.0 Å². The van der Waals surface area contributed by atoms with E-state index in [-0.39, 0.29) is 40.0 Å². The number of primary amides is 1. The zero-order chi connectivity index (χ0) is 26.6. The number of nitrogens with two attached hydrogens (primary N) is 1. The van der Waals surface area contributed by atoms with Crippen LogP contribution in [0.15, 0.2) is 35.6 Å². The number of amides is 2. The minimum absolute atomic E-state index is 0.0230. The summed E-state index contributed by atoms with van der Waals surface area (Å²) in [5.41, 5.74) is 3.33. The molecule has 1 aliphatic rings. The van der Waals surface area contributed by atoms with Crippen molar-refractivity contribution in [1.82, 2.24) is 39.2 Å². The van der Waals surface area contributed by atoms with Crippen LogP contribution in [-0.2, 0) is 6.18 Å². The fourth-order valence-electron chi connectivity index (χ4n) is 4.10. The Morgan fingerprint density at radius 2 is 1.89 bits per heavy atom. The normalized spacial score (nSPS) is 14.6. The van der Waals surface area contributed by atoms with E-state index in [0.717, 1.165) is 18.5 Å². The molecule has 0 unspecified atom stereocenters. The number of aromatic amines is 1. The Labute approximate surface area is 205 Å². The van der Waals surface area contributed by atoms with Crippen LogP contribution in [0.3, 0.4) is 0 Å². The average molecular weight is 515 g/mol. The second-order valence-electron chi connectivity index (χ2n) is 8.69. The molecule has 3 N–H and O–H groups in total. The molecule has 1 aliphatic carbocycles. The van der Waals surface area contributed by atoms with Crippen molar-refractivity contribution >= 4 is 22.8 Å². The van der Waals surface area contributed by atoms with E-state index in [9.17, 15) is 27.6 Å². The van der Waals surface area contributed by atoms with Crippen molar-refractivity contribution in [2.24, 2.45) is 5.73 Å². The molecule has 0 aliphatic heterocycles. The fraction of sp³-hybridized carbons (Fsp3) is 0.318. The van der Waals surface area contributed by atoms with Crippen LogP contribution in [0.5, 0.6) is 0 Å². The van der Waals surface area contributed by atoms with E-state index in [1.54, 1.807) is 6.92 Å². The van der Waals surface area contributed by atoms with E-state index in [4.69, 9.17) is 5.73 Å². The molecule has 192 valence electrons. The van der Waals surface area contributed by atoms with E-state index in [2.05, 4.69) is 25.0 Å². The molecule has 4 aromatic rings. The third-order valence-electron chi connectivity index (χ3n) is 6.27. The van der Waals surface area contributed by atoms with Crippen LogP contribution in [0.25, 0.3) is 16.9 Å². The van der Waals surface area contributed by atoms with Crippen LogP contribution in [0.4, 0.5) is 13.2 Å². The Bertz CT molecular complexity index is 1600. The predicted octanol–water partition coefficient (Wildman–Crippen LogP) is 1.99. The van der Waals surface area contributed by atoms with Crippen LogP contribution in [0.1, 0.15) is 64.1 Å². The number of H-pyrrole nitrogens is 1. The molecule has 15 heteroatoms. The zero-order valence-corrected chi connectivity index (χ0v) is 19.5. The number of fused-ring (bicyclic) bond motifs is 1. The molecule has 1 aromatic carbocycles. The van der Waals surface area contributed by atoms with Gasteiger partial charge in [-0.25, -0.2) is 19.7 Å². The van der Waals surface area contributed by atoms with Crippen LogP contribution in [0.2, 0.25) is 0 Å². The van der Waals surface area contributed by atoms with Gasteiger partial charge in [0, 0.05) is 19.2 Å². The van der Waals surface area contributed by atoms with Gasteiger partial charge in [0.1, 0.15) is 18.3 Å². The summed E-state index contributed by atoms with van der Waals surface area (Å²) in [6.07, 6.45) is -1.09. The van der Waals surface area contributed by atoms with E-state index >= 15 is 0 Å². The summed E-state index contributed by atoms with van der Waals surface area (Å²) < 4.78 is 43.7. The van der Waals surface area contributed by atoms with Crippen LogP contribution < -0.4 is 11.4 Å². The van der Waals surface area contributed by atoms with Gasteiger partial charge < -0.3 is 15.6 Å². The SMILES string of the molecule is C[C@@H](c1ncnn1-c1cc(C(N)=O)ncn1)N(C)C(=O)c1cc(C(F)(F)F)cc2c1[nH]c(=O)n2C1CC1. The lowest BCUT2D eigenvalue weighted by molar-refractivity contribution is -0.137. The molecule has 0 saturated heterocycles. The lowest BCUT2D eigenvalue weighted by Crippen LogP contribution is -2.32. The summed E-state index contributed by atoms with van der Waals surface area (Å²) >= 11 is 0. The highest BCUT2D eigenvalue weighted by Gasteiger charge is 2.36. The monoisotopic (exact) mass is 515 g/mol. The number of halogens is 3. The quantitative estimate of drug-likeness (QED) is 0.397. The summed E-state index contributed by atoms with van der Waals surface area (Å²) in [5.74, 6) is -1.21. The number of nitrogens with zero attached hydrogens (tertiary/aromatic N) is 7. The molecule has 2 amide bonds. The summed E-state index contributed by atoms with van der Waals surface area (Å²) in [7, 11) is 1.39. The Kier molecular flexibility index (Phi) is 5.57. The second kappa shape index (κ2) is 8.53. The maximum absolute atomic E-state index is 13.7. The first-order chi connectivity index (χ1) is 17.5. The topological polar surface area (TPSA) is 158 Å². The molecule has 1 fully saturated rings. The highest BCUT2D eigenvalue weighted by Crippen LogP contribution is 2.39. The molecule has 5 rings (SSSR count). The Morgan fingerprint density at radius 1 is 1.16 bits per heavy atom. The number of imidazole rings is 1. The van der Waals surface area contributed by atoms with Gasteiger partial charge in [-0.2, -0.15) is 23.0 Å². The number of alkyl halides is 3. The number of hydrogen-bond donors (Lipinski definition) is 2. The van der Waals surface area contributed by atoms with Crippen LogP contribution >= 0.6 is 0 Å². The molecule has 3 aromatic heterocycles.